The van der Waals surface area contributed by atoms with Crippen molar-refractivity contribution in [3.63, 3.8) is 0 Å². The highest BCUT2D eigenvalue weighted by Gasteiger charge is 1.99. The molecule has 0 fully saturated rings. The fourth-order valence-corrected chi connectivity index (χ4v) is 1.64. The molecule has 0 unspecified atom stereocenters. The van der Waals surface area contributed by atoms with Crippen molar-refractivity contribution in [3.05, 3.63) is 48.0 Å². The maximum Gasteiger partial charge on any atom is -0.00912 e. The Hall–Kier alpha value is -1.04. The summed E-state index contributed by atoms with van der Waals surface area (Å²) in [5.41, 5.74) is 2.76. The molecule has 0 saturated heterocycles. The first-order valence-electron chi connectivity index (χ1n) is 5.47. The summed E-state index contributed by atoms with van der Waals surface area (Å²) < 4.78 is 0. The maximum absolute atomic E-state index is 3.77. The van der Waals surface area contributed by atoms with Gasteiger partial charge in [0, 0.05) is 0 Å². The number of aryl methyl sites for hydroxylation is 1. The van der Waals surface area contributed by atoms with E-state index in [-0.39, 0.29) is 0 Å². The summed E-state index contributed by atoms with van der Waals surface area (Å²) in [5.74, 6) is 0. The monoisotopic (exact) mass is 187 g/mol. The molecule has 75 valence electrons. The first-order valence-corrected chi connectivity index (χ1v) is 5.47. The molecule has 0 spiro atoms. The largest absolute Gasteiger partial charge is 0.103 e. The minimum atomic E-state index is 0.947. The molecule has 1 aromatic rings. The third-order valence-electron chi connectivity index (χ3n) is 2.44. The summed E-state index contributed by atoms with van der Waals surface area (Å²) in [6.07, 6.45) is 7.99. The molecule has 0 aromatic heterocycles. The smallest absolute Gasteiger partial charge is 0.00912 e. The van der Waals surface area contributed by atoms with Gasteiger partial charge in [-0.25, -0.2) is 0 Å². The van der Waals surface area contributed by atoms with E-state index in [2.05, 4.69) is 31.7 Å². The van der Waals surface area contributed by atoms with E-state index in [9.17, 15) is 0 Å². The summed E-state index contributed by atoms with van der Waals surface area (Å²) in [6, 6.07) is 9.57. The number of hydrogen-bond acceptors (Lipinski definition) is 0. The van der Waals surface area contributed by atoms with Gasteiger partial charge in [0.05, 0.1) is 0 Å². The van der Waals surface area contributed by atoms with Crippen molar-refractivity contribution in [1.29, 1.82) is 0 Å². The van der Waals surface area contributed by atoms with Gasteiger partial charge in [-0.1, -0.05) is 44.0 Å². The first kappa shape index (κ1) is 11.0. The average Bonchev–Trinajstić information content (AvgIpc) is 2.21. The molecule has 0 N–H and O–H groups in total. The Morgan fingerprint density at radius 2 is 2.29 bits per heavy atom. The van der Waals surface area contributed by atoms with Crippen LogP contribution in [0.5, 0.6) is 0 Å². The van der Waals surface area contributed by atoms with Gasteiger partial charge in [0.15, 0.2) is 0 Å². The van der Waals surface area contributed by atoms with Crippen LogP contribution >= 0.6 is 0 Å². The molecule has 0 atom stereocenters. The zero-order valence-electron chi connectivity index (χ0n) is 9.05. The Morgan fingerprint density at radius 3 is 3.00 bits per heavy atom. The number of rotatable bonds is 6. The standard InChI is InChI=1S/C14H19/c1-3-5-6-10-14-12-8-7-11-13(14)9-4-2/h4,7-8,12H,2-3,5-6,9-10H2,1H3. The van der Waals surface area contributed by atoms with Gasteiger partial charge in [0.1, 0.15) is 0 Å². The van der Waals surface area contributed by atoms with Crippen molar-refractivity contribution in [2.75, 3.05) is 0 Å². The molecule has 0 aliphatic rings. The molecule has 0 aliphatic carbocycles. The molecule has 0 aliphatic heterocycles. The Morgan fingerprint density at radius 1 is 1.43 bits per heavy atom. The molecule has 0 amide bonds. The van der Waals surface area contributed by atoms with Crippen LogP contribution in [0.3, 0.4) is 0 Å². The first-order chi connectivity index (χ1) is 6.88. The van der Waals surface area contributed by atoms with Crippen molar-refractivity contribution in [1.82, 2.24) is 0 Å². The van der Waals surface area contributed by atoms with E-state index in [4.69, 9.17) is 0 Å². The van der Waals surface area contributed by atoms with Crippen molar-refractivity contribution < 1.29 is 0 Å². The quantitative estimate of drug-likeness (QED) is 0.467. The van der Waals surface area contributed by atoms with E-state index in [1.807, 2.05) is 12.1 Å². The predicted octanol–water partition coefficient (Wildman–Crippen LogP) is 3.95. The van der Waals surface area contributed by atoms with Crippen LogP contribution in [0.25, 0.3) is 0 Å². The molecule has 0 nitrogen and oxygen atoms in total. The van der Waals surface area contributed by atoms with Gasteiger partial charge < -0.3 is 0 Å². The number of unbranched alkanes of at least 4 members (excludes halogenated alkanes) is 2. The van der Waals surface area contributed by atoms with Crippen molar-refractivity contribution in [2.24, 2.45) is 0 Å². The van der Waals surface area contributed by atoms with Gasteiger partial charge in [-0.15, -0.1) is 6.58 Å². The van der Waals surface area contributed by atoms with Gasteiger partial charge in [0.2, 0.25) is 0 Å². The molecule has 14 heavy (non-hydrogen) atoms. The van der Waals surface area contributed by atoms with Crippen LogP contribution < -0.4 is 0 Å². The predicted molar refractivity (Wildman–Crippen MR) is 62.4 cm³/mol. The lowest BCUT2D eigenvalue weighted by Crippen LogP contribution is -1.93. The lowest BCUT2D eigenvalue weighted by Gasteiger charge is -2.06. The van der Waals surface area contributed by atoms with Crippen LogP contribution in [0.2, 0.25) is 0 Å². The summed E-state index contributed by atoms with van der Waals surface area (Å²) in [7, 11) is 0. The summed E-state index contributed by atoms with van der Waals surface area (Å²) in [4.78, 5) is 0. The third kappa shape index (κ3) is 3.37. The zero-order valence-corrected chi connectivity index (χ0v) is 9.05. The van der Waals surface area contributed by atoms with Gasteiger partial charge in [-0.2, -0.15) is 0 Å². The van der Waals surface area contributed by atoms with E-state index < -0.39 is 0 Å². The zero-order chi connectivity index (χ0) is 10.2. The minimum absolute atomic E-state index is 0.947. The van der Waals surface area contributed by atoms with Crippen molar-refractivity contribution >= 4 is 0 Å². The van der Waals surface area contributed by atoms with E-state index in [1.54, 1.807) is 0 Å². The SMILES string of the molecule is C=CCc1[c]cccc1CCCCC. The minimum Gasteiger partial charge on any atom is -0.103 e. The second-order valence-electron chi connectivity index (χ2n) is 3.62. The van der Waals surface area contributed by atoms with E-state index in [1.165, 1.54) is 36.8 Å². The lowest BCUT2D eigenvalue weighted by atomic mass is 9.99. The Bertz CT molecular complexity index is 273. The molecular formula is C14H19. The molecule has 0 saturated carbocycles. The molecule has 0 heterocycles. The van der Waals surface area contributed by atoms with Gasteiger partial charge in [0.25, 0.3) is 0 Å². The molecule has 1 rings (SSSR count). The van der Waals surface area contributed by atoms with Crippen LogP contribution in [0.15, 0.2) is 30.9 Å². The summed E-state index contributed by atoms with van der Waals surface area (Å²) in [5, 5.41) is 0. The molecule has 1 aromatic carbocycles. The number of benzene rings is 1. The van der Waals surface area contributed by atoms with Crippen molar-refractivity contribution in [3.8, 4) is 0 Å². The lowest BCUT2D eigenvalue weighted by molar-refractivity contribution is 0.714. The van der Waals surface area contributed by atoms with Crippen molar-refractivity contribution in [2.45, 2.75) is 39.0 Å². The average molecular weight is 187 g/mol. The molecule has 0 heteroatoms. The Balaban J connectivity index is 2.59. The molecule has 0 bridgehead atoms. The summed E-state index contributed by atoms with van der Waals surface area (Å²) >= 11 is 0. The van der Waals surface area contributed by atoms with E-state index in [0.29, 0.717) is 0 Å². The highest BCUT2D eigenvalue weighted by molar-refractivity contribution is 5.27. The van der Waals surface area contributed by atoms with Gasteiger partial charge >= 0.3 is 0 Å². The van der Waals surface area contributed by atoms with Gasteiger partial charge in [-0.3, -0.25) is 0 Å². The van der Waals surface area contributed by atoms with Crippen LogP contribution in [0, 0.1) is 6.07 Å². The fraction of sp³-hybridized carbons (Fsp3) is 0.429. The number of allylic oxidation sites excluding steroid dienone is 1. The van der Waals surface area contributed by atoms with Crippen LogP contribution in [-0.4, -0.2) is 0 Å². The Kier molecular flexibility index (Phi) is 5.06. The summed E-state index contributed by atoms with van der Waals surface area (Å²) in [6.45, 7) is 6.01. The second kappa shape index (κ2) is 6.42. The van der Waals surface area contributed by atoms with E-state index in [0.717, 1.165) is 6.42 Å². The van der Waals surface area contributed by atoms with Gasteiger partial charge in [-0.05, 0) is 36.5 Å². The Labute approximate surface area is 87.7 Å². The maximum atomic E-state index is 3.77. The number of hydrogen-bond donors (Lipinski definition) is 0. The van der Waals surface area contributed by atoms with Crippen LogP contribution in [0.4, 0.5) is 0 Å². The van der Waals surface area contributed by atoms with E-state index >= 15 is 0 Å². The molecule has 1 radical (unpaired) electrons. The third-order valence-corrected chi connectivity index (χ3v) is 2.44. The van der Waals surface area contributed by atoms with Crippen LogP contribution in [-0.2, 0) is 12.8 Å². The second-order valence-corrected chi connectivity index (χ2v) is 3.62. The normalized spacial score (nSPS) is 10.1. The van der Waals surface area contributed by atoms with Crippen LogP contribution in [0.1, 0.15) is 37.3 Å². The highest BCUT2D eigenvalue weighted by atomic mass is 14.0. The topological polar surface area (TPSA) is 0 Å². The highest BCUT2D eigenvalue weighted by Crippen LogP contribution is 2.13. The molecular weight excluding hydrogens is 168 g/mol. The fourth-order valence-electron chi connectivity index (χ4n) is 1.64.